The zero-order valence-electron chi connectivity index (χ0n) is 26.3. The highest BCUT2D eigenvalue weighted by Crippen LogP contribution is 2.78. The van der Waals surface area contributed by atoms with Crippen molar-refractivity contribution in [2.75, 3.05) is 24.7 Å². The molecular weight excluding hydrogens is 693 g/mol. The van der Waals surface area contributed by atoms with E-state index in [9.17, 15) is 29.4 Å². The number of benzene rings is 2. The molecule has 10 aliphatic rings. The molecule has 10 atom stereocenters. The molecule has 8 saturated heterocycles. The second-order valence-electron chi connectivity index (χ2n) is 13.8. The number of amides is 4. The van der Waals surface area contributed by atoms with Crippen molar-refractivity contribution >= 4 is 78.2 Å². The van der Waals surface area contributed by atoms with Crippen LogP contribution in [-0.2, 0) is 30.0 Å². The van der Waals surface area contributed by atoms with Gasteiger partial charge in [0.05, 0.1) is 10.8 Å². The summed E-state index contributed by atoms with van der Waals surface area (Å²) in [6, 6.07) is 14.9. The molecule has 0 radical (unpaired) electrons. The summed E-state index contributed by atoms with van der Waals surface area (Å²) in [5.41, 5.74) is -0.748. The molecule has 2 aromatic rings. The standard InChI is InChI=1S/C32H32N6O6S4/c1-5-27-23(41)37-21-29(15-11-7-9-13-17(15)33-21,19(39)31(37,47-45-27)25(43)35(27)3)30-16-12-8-10-14-18(16)34-22(30)38-24(42)28(6-2)36(4)26(44)32(38,20(30)40)48-46-28/h7-14,19-22,33-34,39-40H,5-6H2,1-4H3/t19-,20-,21+,22+,27+,28+,29?,30?,31-,32-/m0/s1. The molecule has 0 saturated carbocycles. The van der Waals surface area contributed by atoms with E-state index in [1.165, 1.54) is 53.0 Å². The maximum Gasteiger partial charge on any atom is 0.264 e. The van der Waals surface area contributed by atoms with Crippen LogP contribution in [0, 0.1) is 0 Å². The van der Waals surface area contributed by atoms with Crippen LogP contribution in [-0.4, -0.2) is 112 Å². The van der Waals surface area contributed by atoms with Gasteiger partial charge < -0.3 is 30.6 Å². The van der Waals surface area contributed by atoms with Crippen molar-refractivity contribution in [2.24, 2.45) is 0 Å². The number of likely N-dealkylation sites (N-methyl/N-ethyl adjacent to an activating group) is 2. The van der Waals surface area contributed by atoms with Gasteiger partial charge in [0.15, 0.2) is 9.74 Å². The number of aliphatic hydroxyl groups is 2. The molecule has 0 aliphatic carbocycles. The topological polar surface area (TPSA) is 146 Å². The summed E-state index contributed by atoms with van der Waals surface area (Å²) in [7, 11) is 8.20. The molecular formula is C32H32N6O6S4. The van der Waals surface area contributed by atoms with Crippen molar-refractivity contribution in [1.82, 2.24) is 19.6 Å². The fourth-order valence-corrected chi connectivity index (χ4v) is 18.4. The Morgan fingerprint density at radius 3 is 1.38 bits per heavy atom. The predicted octanol–water partition coefficient (Wildman–Crippen LogP) is 2.11. The van der Waals surface area contributed by atoms with Gasteiger partial charge in [0.1, 0.15) is 24.5 Å². The molecule has 16 heteroatoms. The van der Waals surface area contributed by atoms with E-state index in [4.69, 9.17) is 0 Å². The van der Waals surface area contributed by atoms with E-state index in [2.05, 4.69) is 10.6 Å². The monoisotopic (exact) mass is 724 g/mol. The third-order valence-electron chi connectivity index (χ3n) is 12.7. The van der Waals surface area contributed by atoms with Gasteiger partial charge in [-0.15, -0.1) is 0 Å². The molecule has 0 aromatic heterocycles. The summed E-state index contributed by atoms with van der Waals surface area (Å²) in [6.45, 7) is 3.74. The summed E-state index contributed by atoms with van der Waals surface area (Å²) < 4.78 is 0. The van der Waals surface area contributed by atoms with Crippen molar-refractivity contribution in [3.05, 3.63) is 59.7 Å². The summed E-state index contributed by atoms with van der Waals surface area (Å²) >= 11 is 0. The zero-order valence-corrected chi connectivity index (χ0v) is 29.6. The number of nitrogens with zero attached hydrogens (tertiary/aromatic N) is 4. The first kappa shape index (κ1) is 30.1. The molecule has 48 heavy (non-hydrogen) atoms. The number of fused-ring (bicyclic) bond motifs is 11. The molecule has 4 amide bonds. The quantitative estimate of drug-likeness (QED) is 0.344. The number of carbonyl (C=O) groups excluding carboxylic acids is 4. The van der Waals surface area contributed by atoms with Gasteiger partial charge in [-0.05, 0) is 57.7 Å². The number of rotatable bonds is 3. The molecule has 2 aromatic carbocycles. The number of nitrogens with one attached hydrogen (secondary N) is 2. The van der Waals surface area contributed by atoms with E-state index in [-0.39, 0.29) is 11.8 Å². The number of hydrogen-bond donors (Lipinski definition) is 4. The molecule has 8 fully saturated rings. The highest BCUT2D eigenvalue weighted by Gasteiger charge is 2.93. The maximum absolute atomic E-state index is 14.9. The van der Waals surface area contributed by atoms with Crippen molar-refractivity contribution in [1.29, 1.82) is 0 Å². The molecule has 10 heterocycles. The van der Waals surface area contributed by atoms with E-state index < -0.39 is 66.7 Å². The Morgan fingerprint density at radius 1 is 0.625 bits per heavy atom. The number of para-hydroxylation sites is 2. The highest BCUT2D eigenvalue weighted by molar-refractivity contribution is 8.78. The molecule has 2 unspecified atom stereocenters. The SMILES string of the molecule is CC[C@]12SS[C@]3(C(=O)N1C)[C@@H](O)C1(C45c6ccccc6N[C@@H]4N4C(=O)[C@@]6(CC)SS[C@]4(C(=O)N6C)[C@H]5O)c4ccccc4N[C@@H]1N3C2=O. The largest absolute Gasteiger partial charge is 0.388 e. The minimum absolute atomic E-state index is 0.305. The maximum atomic E-state index is 14.9. The Morgan fingerprint density at radius 2 is 1.00 bits per heavy atom. The van der Waals surface area contributed by atoms with Gasteiger partial charge in [-0.2, -0.15) is 0 Å². The van der Waals surface area contributed by atoms with Crippen LogP contribution in [0.3, 0.4) is 0 Å². The average molecular weight is 725 g/mol. The van der Waals surface area contributed by atoms with Crippen LogP contribution in [0.15, 0.2) is 48.5 Å². The fraction of sp³-hybridized carbons (Fsp3) is 0.500. The lowest BCUT2D eigenvalue weighted by atomic mass is 9.52. The van der Waals surface area contributed by atoms with Gasteiger partial charge in [0.25, 0.3) is 23.6 Å². The van der Waals surface area contributed by atoms with Gasteiger partial charge in [-0.25, -0.2) is 0 Å². The van der Waals surface area contributed by atoms with Crippen LogP contribution >= 0.6 is 43.2 Å². The van der Waals surface area contributed by atoms with Gasteiger partial charge in [0, 0.05) is 25.5 Å². The third kappa shape index (κ3) is 2.48. The van der Waals surface area contributed by atoms with Crippen molar-refractivity contribution in [3.63, 3.8) is 0 Å². The lowest BCUT2D eigenvalue weighted by molar-refractivity contribution is -0.167. The first-order chi connectivity index (χ1) is 23.0. The van der Waals surface area contributed by atoms with Crippen molar-refractivity contribution in [3.8, 4) is 0 Å². The number of hydrogen-bond acceptors (Lipinski definition) is 12. The lowest BCUT2D eigenvalue weighted by Crippen LogP contribution is -2.78. The normalized spacial score (nSPS) is 45.5. The summed E-state index contributed by atoms with van der Waals surface area (Å²) in [5.74, 6) is -1.40. The smallest absolute Gasteiger partial charge is 0.264 e. The van der Waals surface area contributed by atoms with Crippen LogP contribution in [0.1, 0.15) is 37.8 Å². The molecule has 10 aliphatic heterocycles. The number of carbonyl (C=O) groups is 4. The third-order valence-corrected chi connectivity index (χ3v) is 20.3. The molecule has 4 N–H and O–H groups in total. The second-order valence-corrected chi connectivity index (χ2v) is 19.1. The summed E-state index contributed by atoms with van der Waals surface area (Å²) in [5, 5.41) is 33.9. The van der Waals surface area contributed by atoms with Crippen LogP contribution in [0.2, 0.25) is 0 Å². The van der Waals surface area contributed by atoms with E-state index in [1.807, 2.05) is 62.4 Å². The first-order valence-electron chi connectivity index (χ1n) is 16.0. The summed E-state index contributed by atoms with van der Waals surface area (Å²) in [4.78, 5) is 59.4. The Bertz CT molecular complexity index is 1800. The van der Waals surface area contributed by atoms with E-state index in [1.54, 1.807) is 23.9 Å². The predicted molar refractivity (Wildman–Crippen MR) is 184 cm³/mol. The van der Waals surface area contributed by atoms with Crippen molar-refractivity contribution in [2.45, 2.75) is 81.5 Å². The zero-order chi connectivity index (χ0) is 33.6. The molecule has 12 rings (SSSR count). The van der Waals surface area contributed by atoms with Crippen LogP contribution < -0.4 is 10.6 Å². The Balaban J connectivity index is 1.34. The van der Waals surface area contributed by atoms with Crippen LogP contribution in [0.5, 0.6) is 0 Å². The van der Waals surface area contributed by atoms with Crippen LogP contribution in [0.25, 0.3) is 0 Å². The molecule has 12 nitrogen and oxygen atoms in total. The average Bonchev–Trinajstić information content (AvgIpc) is 3.75. The molecule has 250 valence electrons. The second kappa shape index (κ2) is 8.75. The Hall–Kier alpha value is -2.76. The molecule has 4 bridgehead atoms. The number of piperazine rings is 2. The van der Waals surface area contributed by atoms with Gasteiger partial charge in [-0.3, -0.25) is 29.0 Å². The minimum Gasteiger partial charge on any atom is -0.388 e. The highest BCUT2D eigenvalue weighted by atomic mass is 33.1. The van der Waals surface area contributed by atoms with Gasteiger partial charge >= 0.3 is 0 Å². The van der Waals surface area contributed by atoms with Crippen LogP contribution in [0.4, 0.5) is 11.4 Å². The van der Waals surface area contributed by atoms with Crippen molar-refractivity contribution < 1.29 is 29.4 Å². The number of anilines is 2. The Labute approximate surface area is 291 Å². The van der Waals surface area contributed by atoms with E-state index in [0.717, 1.165) is 0 Å². The lowest BCUT2D eigenvalue weighted by Gasteiger charge is -2.59. The van der Waals surface area contributed by atoms with Gasteiger partial charge in [0.2, 0.25) is 9.74 Å². The van der Waals surface area contributed by atoms with E-state index in [0.29, 0.717) is 35.3 Å². The van der Waals surface area contributed by atoms with Gasteiger partial charge in [-0.1, -0.05) is 71.8 Å². The van der Waals surface area contributed by atoms with E-state index >= 15 is 0 Å². The molecule has 2 spiro atoms. The summed E-state index contributed by atoms with van der Waals surface area (Å²) in [6.07, 6.45) is -4.51. The fourth-order valence-electron chi connectivity index (χ4n) is 10.5. The minimum atomic E-state index is -1.76. The Kier molecular flexibility index (Phi) is 5.48. The first-order valence-corrected chi connectivity index (χ1v) is 20.3. The number of aliphatic hydroxyl groups excluding tert-OH is 2.